The van der Waals surface area contributed by atoms with Crippen molar-refractivity contribution in [2.45, 2.75) is 26.8 Å². The second kappa shape index (κ2) is 10.8. The third-order valence-corrected chi connectivity index (χ3v) is 4.53. The van der Waals surface area contributed by atoms with Crippen LogP contribution in [0, 0.1) is 13.8 Å². The molecule has 0 fully saturated rings. The maximum atomic E-state index is 4.44. The summed E-state index contributed by atoms with van der Waals surface area (Å²) in [7, 11) is 1.80. The van der Waals surface area contributed by atoms with Crippen molar-refractivity contribution in [3.63, 3.8) is 0 Å². The molecular weight excluding hydrogens is 461 g/mol. The molecule has 0 amide bonds. The fourth-order valence-corrected chi connectivity index (χ4v) is 2.98. The minimum Gasteiger partial charge on any atom is -0.356 e. The number of halogens is 1. The number of rotatable bonds is 6. The van der Waals surface area contributed by atoms with Crippen LogP contribution in [-0.4, -0.2) is 29.3 Å². The maximum Gasteiger partial charge on any atom is 0.191 e. The monoisotopic (exact) mass is 489 g/mol. The van der Waals surface area contributed by atoms with Gasteiger partial charge in [0, 0.05) is 26.3 Å². The number of para-hydroxylation sites is 1. The smallest absolute Gasteiger partial charge is 0.191 e. The van der Waals surface area contributed by atoms with Crippen molar-refractivity contribution in [2.75, 3.05) is 13.6 Å². The maximum absolute atomic E-state index is 4.44. The Hall–Kier alpha value is -2.35. The molecule has 0 saturated carbocycles. The Bertz CT molecular complexity index is 902. The molecule has 0 aliphatic rings. The van der Waals surface area contributed by atoms with Gasteiger partial charge in [0.15, 0.2) is 5.96 Å². The van der Waals surface area contributed by atoms with Gasteiger partial charge < -0.3 is 10.6 Å². The molecule has 0 aliphatic heterocycles. The average molecular weight is 489 g/mol. The quantitative estimate of drug-likeness (QED) is 0.313. The Balaban J connectivity index is 0.00000280. The highest BCUT2D eigenvalue weighted by Crippen LogP contribution is 2.10. The van der Waals surface area contributed by atoms with Crippen LogP contribution in [0.4, 0.5) is 0 Å². The van der Waals surface area contributed by atoms with E-state index < -0.39 is 0 Å². The van der Waals surface area contributed by atoms with Gasteiger partial charge in [-0.25, -0.2) is 4.68 Å². The third kappa shape index (κ3) is 6.09. The van der Waals surface area contributed by atoms with Crippen molar-refractivity contribution in [1.82, 2.24) is 20.4 Å². The summed E-state index contributed by atoms with van der Waals surface area (Å²) in [5.41, 5.74) is 6.13. The molecule has 148 valence electrons. The van der Waals surface area contributed by atoms with Crippen LogP contribution in [0.25, 0.3) is 5.69 Å². The van der Waals surface area contributed by atoms with Crippen LogP contribution in [0.3, 0.4) is 0 Å². The second-order valence-corrected chi connectivity index (χ2v) is 6.66. The van der Waals surface area contributed by atoms with E-state index >= 15 is 0 Å². The molecule has 0 bridgehead atoms. The number of aryl methyl sites for hydroxylation is 2. The molecule has 5 nitrogen and oxygen atoms in total. The van der Waals surface area contributed by atoms with E-state index in [0.29, 0.717) is 0 Å². The Morgan fingerprint density at radius 1 is 1.07 bits per heavy atom. The molecule has 0 radical (unpaired) electrons. The number of nitrogens with zero attached hydrogens (tertiary/aromatic N) is 3. The fraction of sp³-hybridized carbons (Fsp3) is 0.273. The summed E-state index contributed by atoms with van der Waals surface area (Å²) in [5, 5.41) is 11.2. The van der Waals surface area contributed by atoms with Gasteiger partial charge in [-0.1, -0.05) is 42.0 Å². The number of aliphatic imine (C=N–C) groups is 1. The lowest BCUT2D eigenvalue weighted by atomic mass is 10.1. The van der Waals surface area contributed by atoms with Crippen molar-refractivity contribution in [3.05, 3.63) is 83.2 Å². The van der Waals surface area contributed by atoms with Gasteiger partial charge in [-0.05, 0) is 49.1 Å². The first kappa shape index (κ1) is 21.9. The topological polar surface area (TPSA) is 54.2 Å². The minimum atomic E-state index is 0. The Kier molecular flexibility index (Phi) is 8.50. The first-order valence-electron chi connectivity index (χ1n) is 9.25. The molecular formula is C22H28IN5. The highest BCUT2D eigenvalue weighted by atomic mass is 127. The summed E-state index contributed by atoms with van der Waals surface area (Å²) in [4.78, 5) is 4.31. The van der Waals surface area contributed by atoms with E-state index in [1.165, 1.54) is 22.3 Å². The van der Waals surface area contributed by atoms with Crippen molar-refractivity contribution >= 4 is 29.9 Å². The molecule has 28 heavy (non-hydrogen) atoms. The zero-order valence-corrected chi connectivity index (χ0v) is 19.0. The minimum absolute atomic E-state index is 0. The summed E-state index contributed by atoms with van der Waals surface area (Å²) in [6, 6.07) is 16.7. The third-order valence-electron chi connectivity index (χ3n) is 4.53. The molecule has 2 aromatic carbocycles. The predicted molar refractivity (Wildman–Crippen MR) is 127 cm³/mol. The SMILES string of the molecule is CN=C(NCCc1cnn(-c2ccccc2)c1)NCc1ccc(C)cc1C.I. The fourth-order valence-electron chi connectivity index (χ4n) is 2.98. The van der Waals surface area contributed by atoms with Gasteiger partial charge in [-0.2, -0.15) is 5.10 Å². The predicted octanol–water partition coefficient (Wildman–Crippen LogP) is 4.01. The second-order valence-electron chi connectivity index (χ2n) is 6.66. The van der Waals surface area contributed by atoms with Crippen LogP contribution < -0.4 is 10.6 Å². The molecule has 3 rings (SSSR count). The standard InChI is InChI=1S/C22H27N5.HI/c1-17-9-10-20(18(2)13-17)15-25-22(23-3)24-12-11-19-14-26-27(16-19)21-7-5-4-6-8-21;/h4-10,13-14,16H,11-12,15H2,1-3H3,(H2,23,24,25);1H. The summed E-state index contributed by atoms with van der Waals surface area (Å²) < 4.78 is 1.91. The van der Waals surface area contributed by atoms with Crippen molar-refractivity contribution in [3.8, 4) is 5.69 Å². The van der Waals surface area contributed by atoms with Gasteiger partial charge in [0.05, 0.1) is 11.9 Å². The number of aromatic nitrogens is 2. The molecule has 2 N–H and O–H groups in total. The molecule has 6 heteroatoms. The summed E-state index contributed by atoms with van der Waals surface area (Å²) in [5.74, 6) is 0.811. The molecule has 0 atom stereocenters. The summed E-state index contributed by atoms with van der Waals surface area (Å²) in [6.07, 6.45) is 4.88. The van der Waals surface area contributed by atoms with E-state index in [9.17, 15) is 0 Å². The highest BCUT2D eigenvalue weighted by molar-refractivity contribution is 14.0. The lowest BCUT2D eigenvalue weighted by molar-refractivity contribution is 0.792. The van der Waals surface area contributed by atoms with Crippen molar-refractivity contribution in [1.29, 1.82) is 0 Å². The number of guanidine groups is 1. The van der Waals surface area contributed by atoms with E-state index in [-0.39, 0.29) is 24.0 Å². The van der Waals surface area contributed by atoms with Gasteiger partial charge in [-0.3, -0.25) is 4.99 Å². The van der Waals surface area contributed by atoms with E-state index in [2.05, 4.69) is 59.0 Å². The Labute approximate surface area is 184 Å². The average Bonchev–Trinajstić information content (AvgIpc) is 3.15. The van der Waals surface area contributed by atoms with Gasteiger partial charge >= 0.3 is 0 Å². The Morgan fingerprint density at radius 3 is 2.57 bits per heavy atom. The normalized spacial score (nSPS) is 11.0. The van der Waals surface area contributed by atoms with Gasteiger partial charge in [0.1, 0.15) is 0 Å². The van der Waals surface area contributed by atoms with Gasteiger partial charge in [-0.15, -0.1) is 24.0 Å². The largest absolute Gasteiger partial charge is 0.356 e. The number of benzene rings is 2. The van der Waals surface area contributed by atoms with E-state index in [1.807, 2.05) is 41.2 Å². The lowest BCUT2D eigenvalue weighted by Gasteiger charge is -2.13. The molecule has 0 unspecified atom stereocenters. The van der Waals surface area contributed by atoms with E-state index in [0.717, 1.165) is 31.2 Å². The number of nitrogens with one attached hydrogen (secondary N) is 2. The van der Waals surface area contributed by atoms with Crippen LogP contribution in [-0.2, 0) is 13.0 Å². The van der Waals surface area contributed by atoms with Crippen LogP contribution in [0.1, 0.15) is 22.3 Å². The first-order chi connectivity index (χ1) is 13.2. The lowest BCUT2D eigenvalue weighted by Crippen LogP contribution is -2.38. The Morgan fingerprint density at radius 2 is 1.86 bits per heavy atom. The molecule has 0 saturated heterocycles. The van der Waals surface area contributed by atoms with Crippen molar-refractivity contribution in [2.24, 2.45) is 4.99 Å². The summed E-state index contributed by atoms with van der Waals surface area (Å²) in [6.45, 7) is 5.82. The van der Waals surface area contributed by atoms with E-state index in [1.54, 1.807) is 7.05 Å². The number of hydrogen-bond acceptors (Lipinski definition) is 2. The van der Waals surface area contributed by atoms with Gasteiger partial charge in [0.25, 0.3) is 0 Å². The van der Waals surface area contributed by atoms with Crippen LogP contribution in [0.2, 0.25) is 0 Å². The molecule has 0 aliphatic carbocycles. The van der Waals surface area contributed by atoms with Crippen LogP contribution in [0.15, 0.2) is 65.9 Å². The molecule has 1 heterocycles. The zero-order valence-electron chi connectivity index (χ0n) is 16.6. The molecule has 1 aromatic heterocycles. The molecule has 0 spiro atoms. The van der Waals surface area contributed by atoms with Crippen LogP contribution >= 0.6 is 24.0 Å². The highest BCUT2D eigenvalue weighted by Gasteiger charge is 2.03. The first-order valence-corrected chi connectivity index (χ1v) is 9.25. The zero-order chi connectivity index (χ0) is 19.1. The van der Waals surface area contributed by atoms with Gasteiger partial charge in [0.2, 0.25) is 0 Å². The number of hydrogen-bond donors (Lipinski definition) is 2. The van der Waals surface area contributed by atoms with Crippen LogP contribution in [0.5, 0.6) is 0 Å². The molecule has 3 aromatic rings. The summed E-state index contributed by atoms with van der Waals surface area (Å²) >= 11 is 0. The van der Waals surface area contributed by atoms with E-state index in [4.69, 9.17) is 0 Å². The van der Waals surface area contributed by atoms with Crippen molar-refractivity contribution < 1.29 is 0 Å².